The molecule has 0 fully saturated rings. The lowest BCUT2D eigenvalue weighted by Gasteiger charge is -1.91. The molecule has 0 aliphatic rings. The van der Waals surface area contributed by atoms with E-state index in [4.69, 9.17) is 0 Å². The highest BCUT2D eigenvalue weighted by atomic mass is 32.2. The van der Waals surface area contributed by atoms with E-state index in [9.17, 15) is 8.42 Å². The number of rotatable bonds is 2. The molecule has 0 aliphatic carbocycles. The van der Waals surface area contributed by atoms with Crippen LogP contribution in [0.1, 0.15) is 6.92 Å². The van der Waals surface area contributed by atoms with Crippen molar-refractivity contribution in [2.75, 3.05) is 20.0 Å². The minimum absolute atomic E-state index is 0.130. The Kier molecular flexibility index (Phi) is 5.98. The van der Waals surface area contributed by atoms with Crippen molar-refractivity contribution in [3.05, 3.63) is 18.5 Å². The van der Waals surface area contributed by atoms with Crippen LogP contribution in [-0.2, 0) is 14.6 Å². The Hall–Kier alpha value is -1.01. The summed E-state index contributed by atoms with van der Waals surface area (Å²) in [6, 6.07) is 1.56. The van der Waals surface area contributed by atoms with E-state index >= 15 is 0 Å². The maximum Gasteiger partial charge on any atom is 0.246 e. The second-order valence-electron chi connectivity index (χ2n) is 2.38. The quantitative estimate of drug-likeness (QED) is 0.677. The van der Waals surface area contributed by atoms with E-state index in [-0.39, 0.29) is 5.16 Å². The van der Waals surface area contributed by atoms with Gasteiger partial charge >= 0.3 is 0 Å². The van der Waals surface area contributed by atoms with Gasteiger partial charge in [-0.25, -0.2) is 18.4 Å². The molecule has 0 unspecified atom stereocenters. The van der Waals surface area contributed by atoms with E-state index in [0.717, 1.165) is 12.9 Å². The molecule has 0 radical (unpaired) electrons. The Morgan fingerprint density at radius 1 is 1.36 bits per heavy atom. The number of sulfone groups is 1. The molecule has 1 aromatic rings. The summed E-state index contributed by atoms with van der Waals surface area (Å²) >= 11 is 0. The lowest BCUT2D eigenvalue weighted by molar-refractivity contribution is 0.215. The van der Waals surface area contributed by atoms with Gasteiger partial charge < -0.3 is 4.74 Å². The summed E-state index contributed by atoms with van der Waals surface area (Å²) in [5.41, 5.74) is 0. The smallest absolute Gasteiger partial charge is 0.246 e. The van der Waals surface area contributed by atoms with Crippen molar-refractivity contribution >= 4 is 9.84 Å². The highest BCUT2D eigenvalue weighted by Crippen LogP contribution is 1.96. The van der Waals surface area contributed by atoms with E-state index in [1.54, 1.807) is 13.2 Å². The predicted molar refractivity (Wildman–Crippen MR) is 52.7 cm³/mol. The van der Waals surface area contributed by atoms with Crippen LogP contribution in [0.5, 0.6) is 0 Å². The van der Waals surface area contributed by atoms with Gasteiger partial charge in [-0.1, -0.05) is 0 Å². The molecule has 80 valence electrons. The van der Waals surface area contributed by atoms with E-state index in [1.807, 2.05) is 6.92 Å². The fraction of sp³-hybridized carbons (Fsp3) is 0.500. The van der Waals surface area contributed by atoms with Gasteiger partial charge in [-0.15, -0.1) is 0 Å². The average molecular weight is 218 g/mol. The molecular formula is C8H14N2O3S. The summed E-state index contributed by atoms with van der Waals surface area (Å²) in [7, 11) is -1.54. The van der Waals surface area contributed by atoms with Crippen LogP contribution in [0.15, 0.2) is 23.6 Å². The fourth-order valence-corrected chi connectivity index (χ4v) is 0.982. The average Bonchev–Trinajstić information content (AvgIpc) is 2.18. The molecule has 0 bridgehead atoms. The molecule has 5 nitrogen and oxygen atoms in total. The molecule has 1 aromatic heterocycles. The zero-order valence-electron chi connectivity index (χ0n) is 8.47. The number of hydrogen-bond donors (Lipinski definition) is 0. The van der Waals surface area contributed by atoms with Crippen molar-refractivity contribution in [1.29, 1.82) is 0 Å². The van der Waals surface area contributed by atoms with Gasteiger partial charge in [0, 0.05) is 32.4 Å². The number of hydrogen-bond acceptors (Lipinski definition) is 5. The van der Waals surface area contributed by atoms with Crippen molar-refractivity contribution in [3.63, 3.8) is 0 Å². The lowest BCUT2D eigenvalue weighted by Crippen LogP contribution is -2.02. The van der Waals surface area contributed by atoms with Gasteiger partial charge in [0.25, 0.3) is 0 Å². The van der Waals surface area contributed by atoms with Crippen molar-refractivity contribution in [1.82, 2.24) is 9.97 Å². The summed E-state index contributed by atoms with van der Waals surface area (Å²) in [6.07, 6.45) is 3.86. The van der Waals surface area contributed by atoms with Crippen molar-refractivity contribution in [3.8, 4) is 0 Å². The highest BCUT2D eigenvalue weighted by molar-refractivity contribution is 7.90. The molecule has 6 heteroatoms. The van der Waals surface area contributed by atoms with E-state index in [2.05, 4.69) is 14.7 Å². The molecule has 0 aromatic carbocycles. The summed E-state index contributed by atoms with van der Waals surface area (Å²) in [5, 5.41) is -0.130. The van der Waals surface area contributed by atoms with Crippen LogP contribution in [0.25, 0.3) is 0 Å². The van der Waals surface area contributed by atoms with Crippen LogP contribution < -0.4 is 0 Å². The summed E-state index contributed by atoms with van der Waals surface area (Å²) in [6.45, 7) is 2.78. The third-order valence-corrected chi connectivity index (χ3v) is 2.04. The molecule has 14 heavy (non-hydrogen) atoms. The molecule has 1 heterocycles. The molecule has 0 saturated heterocycles. The molecular weight excluding hydrogens is 204 g/mol. The Morgan fingerprint density at radius 3 is 2.00 bits per heavy atom. The van der Waals surface area contributed by atoms with Gasteiger partial charge in [-0.3, -0.25) is 0 Å². The lowest BCUT2D eigenvalue weighted by atomic mass is 10.7. The number of ether oxygens (including phenoxy) is 1. The SMILES string of the molecule is CCOC.CS(=O)(=O)c1ncccn1. The molecule has 0 aliphatic heterocycles. The van der Waals surface area contributed by atoms with E-state index < -0.39 is 9.84 Å². The Morgan fingerprint density at radius 2 is 1.79 bits per heavy atom. The molecule has 0 saturated carbocycles. The zero-order chi connectivity index (χ0) is 11.0. The molecule has 0 atom stereocenters. The Balaban J connectivity index is 0.000000364. The summed E-state index contributed by atoms with van der Waals surface area (Å²) in [4.78, 5) is 7.10. The molecule has 0 spiro atoms. The van der Waals surface area contributed by atoms with Crippen LogP contribution in [0, 0.1) is 0 Å². The zero-order valence-corrected chi connectivity index (χ0v) is 9.28. The first-order valence-corrected chi connectivity index (χ1v) is 5.87. The third-order valence-electron chi connectivity index (χ3n) is 1.16. The van der Waals surface area contributed by atoms with Crippen molar-refractivity contribution in [2.24, 2.45) is 0 Å². The third kappa shape index (κ3) is 5.60. The minimum Gasteiger partial charge on any atom is -0.385 e. The van der Waals surface area contributed by atoms with Crippen LogP contribution >= 0.6 is 0 Å². The van der Waals surface area contributed by atoms with Crippen molar-refractivity contribution < 1.29 is 13.2 Å². The van der Waals surface area contributed by atoms with Crippen LogP contribution in [-0.4, -0.2) is 38.4 Å². The first kappa shape index (κ1) is 13.0. The van der Waals surface area contributed by atoms with Crippen molar-refractivity contribution in [2.45, 2.75) is 12.1 Å². The van der Waals surface area contributed by atoms with Gasteiger partial charge in [-0.2, -0.15) is 0 Å². The van der Waals surface area contributed by atoms with Gasteiger partial charge in [0.15, 0.2) is 0 Å². The molecule has 0 amide bonds. The fourth-order valence-electron chi connectivity index (χ4n) is 0.477. The van der Waals surface area contributed by atoms with Gasteiger partial charge in [0.2, 0.25) is 15.0 Å². The second kappa shape index (κ2) is 6.44. The topological polar surface area (TPSA) is 69.2 Å². The van der Waals surface area contributed by atoms with Crippen LogP contribution in [0.4, 0.5) is 0 Å². The van der Waals surface area contributed by atoms with E-state index in [1.165, 1.54) is 12.4 Å². The monoisotopic (exact) mass is 218 g/mol. The Bertz CT molecular complexity index is 335. The number of nitrogens with zero attached hydrogens (tertiary/aromatic N) is 2. The predicted octanol–water partition coefficient (Wildman–Crippen LogP) is 0.533. The highest BCUT2D eigenvalue weighted by Gasteiger charge is 2.07. The number of aromatic nitrogens is 2. The second-order valence-corrected chi connectivity index (χ2v) is 4.29. The minimum atomic E-state index is -3.23. The van der Waals surface area contributed by atoms with Crippen LogP contribution in [0.3, 0.4) is 0 Å². The molecule has 0 N–H and O–H groups in total. The van der Waals surface area contributed by atoms with Gasteiger partial charge in [-0.05, 0) is 13.0 Å². The normalized spacial score (nSPS) is 10.2. The maximum atomic E-state index is 10.7. The Labute approximate surface area is 84.1 Å². The first-order valence-electron chi connectivity index (χ1n) is 3.98. The largest absolute Gasteiger partial charge is 0.385 e. The summed E-state index contributed by atoms with van der Waals surface area (Å²) < 4.78 is 26.0. The van der Waals surface area contributed by atoms with Gasteiger partial charge in [0.1, 0.15) is 0 Å². The van der Waals surface area contributed by atoms with Gasteiger partial charge in [0.05, 0.1) is 0 Å². The van der Waals surface area contributed by atoms with E-state index in [0.29, 0.717) is 0 Å². The standard InChI is InChI=1S/C5H6N2O2S.C3H8O/c1-10(8,9)5-6-3-2-4-7-5;1-3-4-2/h2-4H,1H3;3H2,1-2H3. The first-order chi connectivity index (χ1) is 6.52. The van der Waals surface area contributed by atoms with Crippen LogP contribution in [0.2, 0.25) is 0 Å². The summed E-state index contributed by atoms with van der Waals surface area (Å²) in [5.74, 6) is 0. The number of methoxy groups -OCH3 is 1. The maximum absolute atomic E-state index is 10.7. The molecule has 1 rings (SSSR count).